The molecule has 0 aliphatic carbocycles. The molecule has 0 aromatic carbocycles. The van der Waals surface area contributed by atoms with E-state index in [1.165, 1.54) is 83.5 Å². The van der Waals surface area contributed by atoms with Gasteiger partial charge in [-0.3, -0.25) is 0 Å². The first-order valence-corrected chi connectivity index (χ1v) is 11.9. The average molecular weight is 403 g/mol. The molecule has 0 bridgehead atoms. The number of unbranched alkanes of at least 4 members (excludes halogenated alkanes) is 14. The molecule has 3 N–H and O–H groups in total. The Kier molecular flexibility index (Phi) is 16.3. The van der Waals surface area contributed by atoms with E-state index in [0.717, 1.165) is 12.8 Å². The number of aliphatic hydroxyl groups is 3. The monoisotopic (exact) mass is 402 g/mol. The fourth-order valence-electron chi connectivity index (χ4n) is 3.92. The van der Waals surface area contributed by atoms with Crippen LogP contribution in [0.1, 0.15) is 103 Å². The van der Waals surface area contributed by atoms with Crippen LogP contribution in [0, 0.1) is 0 Å². The molecule has 28 heavy (non-hydrogen) atoms. The van der Waals surface area contributed by atoms with Crippen molar-refractivity contribution in [2.45, 2.75) is 128 Å². The lowest BCUT2D eigenvalue weighted by molar-refractivity contribution is -0.210. The van der Waals surface area contributed by atoms with Crippen LogP contribution in [-0.4, -0.2) is 59.6 Å². The summed E-state index contributed by atoms with van der Waals surface area (Å²) in [5.74, 6) is 0. The van der Waals surface area contributed by atoms with Crippen molar-refractivity contribution in [1.29, 1.82) is 0 Å². The number of aliphatic hydroxyl groups excluding tert-OH is 3. The van der Waals surface area contributed by atoms with Crippen molar-refractivity contribution in [1.82, 2.24) is 0 Å². The zero-order valence-electron chi connectivity index (χ0n) is 18.2. The van der Waals surface area contributed by atoms with E-state index in [0.29, 0.717) is 6.61 Å². The molecule has 0 radical (unpaired) electrons. The first-order chi connectivity index (χ1) is 13.7. The van der Waals surface area contributed by atoms with Crippen LogP contribution in [0.2, 0.25) is 0 Å². The third-order valence-corrected chi connectivity index (χ3v) is 5.82. The quantitative estimate of drug-likeness (QED) is 0.297. The van der Waals surface area contributed by atoms with Crippen molar-refractivity contribution >= 4 is 0 Å². The lowest BCUT2D eigenvalue weighted by Gasteiger charge is -2.37. The Labute approximate surface area is 172 Å². The number of hydrogen-bond acceptors (Lipinski definition) is 5. The van der Waals surface area contributed by atoms with E-state index < -0.39 is 24.4 Å². The van der Waals surface area contributed by atoms with E-state index in [-0.39, 0.29) is 13.2 Å². The van der Waals surface area contributed by atoms with Gasteiger partial charge in [0.05, 0.1) is 13.2 Å². The van der Waals surface area contributed by atoms with Crippen molar-refractivity contribution in [2.75, 3.05) is 19.8 Å². The molecule has 1 aliphatic heterocycles. The summed E-state index contributed by atoms with van der Waals surface area (Å²) in [4.78, 5) is 0. The first-order valence-electron chi connectivity index (χ1n) is 11.9. The highest BCUT2D eigenvalue weighted by atomic mass is 16.6. The topological polar surface area (TPSA) is 79.2 Å². The molecule has 5 heteroatoms. The highest BCUT2D eigenvalue weighted by Gasteiger charge is 2.38. The maximum Gasteiger partial charge on any atom is 0.114 e. The minimum atomic E-state index is -0.968. The van der Waals surface area contributed by atoms with Gasteiger partial charge in [-0.25, -0.2) is 0 Å². The van der Waals surface area contributed by atoms with Gasteiger partial charge < -0.3 is 24.8 Å². The highest BCUT2D eigenvalue weighted by Crippen LogP contribution is 2.19. The van der Waals surface area contributed by atoms with Crippen molar-refractivity contribution in [3.8, 4) is 0 Å². The predicted octanol–water partition coefficient (Wildman–Crippen LogP) is 4.36. The summed E-state index contributed by atoms with van der Waals surface area (Å²) >= 11 is 0. The molecule has 0 spiro atoms. The molecular weight excluding hydrogens is 356 g/mol. The van der Waals surface area contributed by atoms with Gasteiger partial charge in [0, 0.05) is 6.61 Å². The lowest BCUT2D eigenvalue weighted by Crippen LogP contribution is -2.55. The number of hydrogen-bond donors (Lipinski definition) is 3. The van der Waals surface area contributed by atoms with Crippen LogP contribution >= 0.6 is 0 Å². The van der Waals surface area contributed by atoms with Crippen molar-refractivity contribution < 1.29 is 24.8 Å². The third-order valence-electron chi connectivity index (χ3n) is 5.82. The van der Waals surface area contributed by atoms with E-state index in [1.54, 1.807) is 0 Å². The largest absolute Gasteiger partial charge is 0.394 e. The Hall–Kier alpha value is -0.200. The van der Waals surface area contributed by atoms with E-state index in [1.807, 2.05) is 0 Å². The van der Waals surface area contributed by atoms with Gasteiger partial charge in [-0.05, 0) is 6.42 Å². The molecular formula is C23H46O5. The van der Waals surface area contributed by atoms with Gasteiger partial charge in [0.1, 0.15) is 24.4 Å². The fraction of sp³-hybridized carbons (Fsp3) is 1.00. The van der Waals surface area contributed by atoms with Gasteiger partial charge in [0.25, 0.3) is 0 Å². The van der Waals surface area contributed by atoms with Crippen molar-refractivity contribution in [3.05, 3.63) is 0 Å². The van der Waals surface area contributed by atoms with E-state index in [9.17, 15) is 10.2 Å². The molecule has 168 valence electrons. The molecule has 5 nitrogen and oxygen atoms in total. The van der Waals surface area contributed by atoms with Crippen LogP contribution in [0.3, 0.4) is 0 Å². The van der Waals surface area contributed by atoms with Gasteiger partial charge in [-0.1, -0.05) is 96.8 Å². The molecule has 1 aliphatic rings. The maximum absolute atomic E-state index is 10.1. The summed E-state index contributed by atoms with van der Waals surface area (Å²) in [7, 11) is 0. The Balaban J connectivity index is 1.84. The van der Waals surface area contributed by atoms with Gasteiger partial charge >= 0.3 is 0 Å². The van der Waals surface area contributed by atoms with Crippen LogP contribution in [0.5, 0.6) is 0 Å². The van der Waals surface area contributed by atoms with Gasteiger partial charge in [-0.15, -0.1) is 0 Å². The van der Waals surface area contributed by atoms with Crippen molar-refractivity contribution in [3.63, 3.8) is 0 Å². The Morgan fingerprint density at radius 3 is 1.68 bits per heavy atom. The molecule has 0 aromatic heterocycles. The van der Waals surface area contributed by atoms with Crippen LogP contribution in [0.15, 0.2) is 0 Å². The Morgan fingerprint density at radius 2 is 1.21 bits per heavy atom. The zero-order valence-corrected chi connectivity index (χ0v) is 18.2. The van der Waals surface area contributed by atoms with Crippen LogP contribution in [0.4, 0.5) is 0 Å². The fourth-order valence-corrected chi connectivity index (χ4v) is 3.92. The van der Waals surface area contributed by atoms with Gasteiger partial charge in [0.15, 0.2) is 0 Å². The lowest BCUT2D eigenvalue weighted by atomic mass is 10.0. The summed E-state index contributed by atoms with van der Waals surface area (Å²) in [5, 5.41) is 29.1. The molecule has 0 amide bonds. The van der Waals surface area contributed by atoms with E-state index in [2.05, 4.69) is 6.92 Å². The Bertz CT molecular complexity index is 339. The van der Waals surface area contributed by atoms with Gasteiger partial charge in [-0.2, -0.15) is 0 Å². The first kappa shape index (κ1) is 25.8. The summed E-state index contributed by atoms with van der Waals surface area (Å²) in [6, 6.07) is 0. The normalized spacial score (nSPS) is 25.3. The molecule has 1 fully saturated rings. The van der Waals surface area contributed by atoms with Gasteiger partial charge in [0.2, 0.25) is 0 Å². The standard InChI is InChI=1S/C23H46O5/c1-2-3-4-5-6-7-8-9-10-11-12-13-14-15-16-17-27-23-20(25)19-28-21(18-24)22(23)26/h20-26H,2-19H2,1H3/t20-,21+,22+,23+/m1/s1. The van der Waals surface area contributed by atoms with E-state index in [4.69, 9.17) is 14.6 Å². The molecule has 1 heterocycles. The maximum atomic E-state index is 10.1. The number of ether oxygens (including phenoxy) is 2. The second kappa shape index (κ2) is 17.6. The van der Waals surface area contributed by atoms with Crippen LogP contribution in [-0.2, 0) is 9.47 Å². The molecule has 1 rings (SSSR count). The molecule has 4 atom stereocenters. The summed E-state index contributed by atoms with van der Waals surface area (Å²) in [6.45, 7) is 2.65. The van der Waals surface area contributed by atoms with E-state index >= 15 is 0 Å². The Morgan fingerprint density at radius 1 is 0.750 bits per heavy atom. The minimum Gasteiger partial charge on any atom is -0.394 e. The summed E-state index contributed by atoms with van der Waals surface area (Å²) in [6.07, 6.45) is 16.7. The SMILES string of the molecule is CCCCCCCCCCCCCCCCCO[C@@H]1[C@@H](O)[C@H](CO)OC[C@H]1O. The molecule has 0 saturated carbocycles. The molecule has 0 aromatic rings. The van der Waals surface area contributed by atoms with Crippen LogP contribution in [0.25, 0.3) is 0 Å². The van der Waals surface area contributed by atoms with Crippen LogP contribution < -0.4 is 0 Å². The molecule has 1 saturated heterocycles. The smallest absolute Gasteiger partial charge is 0.114 e. The number of rotatable bonds is 18. The molecule has 0 unspecified atom stereocenters. The third kappa shape index (κ3) is 11.7. The highest BCUT2D eigenvalue weighted by molar-refractivity contribution is 4.87. The summed E-state index contributed by atoms with van der Waals surface area (Å²) in [5.41, 5.74) is 0. The van der Waals surface area contributed by atoms with Crippen molar-refractivity contribution in [2.24, 2.45) is 0 Å². The predicted molar refractivity (Wildman–Crippen MR) is 114 cm³/mol. The average Bonchev–Trinajstić information content (AvgIpc) is 2.70. The second-order valence-corrected chi connectivity index (χ2v) is 8.40. The summed E-state index contributed by atoms with van der Waals surface area (Å²) < 4.78 is 10.8. The zero-order chi connectivity index (χ0) is 20.5. The second-order valence-electron chi connectivity index (χ2n) is 8.40. The minimum absolute atomic E-state index is 0.103.